The molecule has 2 aliphatic heterocycles. The molecule has 4 N–H and O–H groups in total. The monoisotopic (exact) mass is 520 g/mol. The third kappa shape index (κ3) is 6.77. The van der Waals surface area contributed by atoms with E-state index in [-0.39, 0.29) is 30.6 Å². The molecule has 4 rings (SSSR count). The number of carbonyl (C=O) groups excluding carboxylic acids is 3. The van der Waals surface area contributed by atoms with E-state index in [1.807, 2.05) is 60.7 Å². The Morgan fingerprint density at radius 2 is 1.39 bits per heavy atom. The number of hydrogen-bond donors (Lipinski definition) is 3. The standard InChI is InChI=1S/C29H36N4O5/c30-22(17-20-9-3-1-4-10-20)19-26(34)31-23(18-21-11-5-2-6-12-21)27(35)32-15-7-13-24(32)28(36)33-16-8-14-25(33)29(37)38/h1-6,9-12,22-25H,7-8,13-19,30H2,(H,31,34)(H,37,38)/t22-,23-,24+,25+/m0/s1. The molecule has 0 radical (unpaired) electrons. The zero-order valence-electron chi connectivity index (χ0n) is 21.5. The van der Waals surface area contributed by atoms with Crippen LogP contribution >= 0.6 is 0 Å². The second-order valence-corrected chi connectivity index (χ2v) is 10.2. The molecular formula is C29H36N4O5. The first-order valence-corrected chi connectivity index (χ1v) is 13.3. The molecule has 9 nitrogen and oxygen atoms in total. The lowest BCUT2D eigenvalue weighted by molar-refractivity contribution is -0.152. The fourth-order valence-electron chi connectivity index (χ4n) is 5.50. The quantitative estimate of drug-likeness (QED) is 0.437. The van der Waals surface area contributed by atoms with Crippen LogP contribution in [0.1, 0.15) is 43.2 Å². The van der Waals surface area contributed by atoms with E-state index in [0.717, 1.165) is 11.1 Å². The van der Waals surface area contributed by atoms with E-state index in [9.17, 15) is 24.3 Å². The Balaban J connectivity index is 1.46. The summed E-state index contributed by atoms with van der Waals surface area (Å²) >= 11 is 0. The zero-order chi connectivity index (χ0) is 27.1. The van der Waals surface area contributed by atoms with Gasteiger partial charge in [-0.2, -0.15) is 0 Å². The number of hydrogen-bond acceptors (Lipinski definition) is 5. The summed E-state index contributed by atoms with van der Waals surface area (Å²) in [5, 5.41) is 12.4. The van der Waals surface area contributed by atoms with Gasteiger partial charge < -0.3 is 26.0 Å². The Hall–Kier alpha value is -3.72. The number of nitrogens with one attached hydrogen (secondary N) is 1. The molecule has 0 aromatic heterocycles. The fraction of sp³-hybridized carbons (Fsp3) is 0.448. The van der Waals surface area contributed by atoms with Crippen molar-refractivity contribution in [1.82, 2.24) is 15.1 Å². The Morgan fingerprint density at radius 3 is 2.00 bits per heavy atom. The van der Waals surface area contributed by atoms with Crippen molar-refractivity contribution in [2.45, 2.75) is 69.1 Å². The minimum Gasteiger partial charge on any atom is -0.480 e. The SMILES string of the molecule is N[C@H](CC(=O)N[C@@H](Cc1ccccc1)C(=O)N1CCC[C@@H]1C(=O)N1CCC[C@@H]1C(=O)O)Cc1ccccc1. The van der Waals surface area contributed by atoms with E-state index >= 15 is 0 Å². The van der Waals surface area contributed by atoms with Gasteiger partial charge in [-0.15, -0.1) is 0 Å². The van der Waals surface area contributed by atoms with Crippen LogP contribution in [-0.4, -0.2) is 75.9 Å². The Kier molecular flexibility index (Phi) is 9.12. The van der Waals surface area contributed by atoms with Crippen molar-refractivity contribution >= 4 is 23.7 Å². The number of nitrogens with zero attached hydrogens (tertiary/aromatic N) is 2. The van der Waals surface area contributed by atoms with Crippen molar-refractivity contribution in [2.75, 3.05) is 13.1 Å². The molecule has 2 heterocycles. The molecule has 2 aromatic rings. The van der Waals surface area contributed by atoms with E-state index in [0.29, 0.717) is 45.2 Å². The number of benzene rings is 2. The minimum atomic E-state index is -1.02. The van der Waals surface area contributed by atoms with Crippen molar-refractivity contribution in [3.8, 4) is 0 Å². The molecule has 38 heavy (non-hydrogen) atoms. The van der Waals surface area contributed by atoms with Crippen LogP contribution in [0.2, 0.25) is 0 Å². The Bertz CT molecular complexity index is 1130. The van der Waals surface area contributed by atoms with Gasteiger partial charge in [-0.05, 0) is 43.2 Å². The molecule has 3 amide bonds. The maximum atomic E-state index is 13.8. The summed E-state index contributed by atoms with van der Waals surface area (Å²) in [5.74, 6) is -2.00. The van der Waals surface area contributed by atoms with Crippen molar-refractivity contribution in [1.29, 1.82) is 0 Å². The lowest BCUT2D eigenvalue weighted by Crippen LogP contribution is -2.56. The second kappa shape index (κ2) is 12.7. The summed E-state index contributed by atoms with van der Waals surface area (Å²) in [5.41, 5.74) is 8.16. The molecule has 0 unspecified atom stereocenters. The van der Waals surface area contributed by atoms with Crippen molar-refractivity contribution in [2.24, 2.45) is 5.73 Å². The number of carboxylic acids is 1. The number of rotatable bonds is 10. The zero-order valence-corrected chi connectivity index (χ0v) is 21.5. The molecule has 2 aromatic carbocycles. The molecule has 0 bridgehead atoms. The van der Waals surface area contributed by atoms with Gasteiger partial charge in [0.1, 0.15) is 18.1 Å². The highest BCUT2D eigenvalue weighted by Crippen LogP contribution is 2.26. The van der Waals surface area contributed by atoms with Crippen LogP contribution in [0.3, 0.4) is 0 Å². The van der Waals surface area contributed by atoms with Gasteiger partial charge in [0, 0.05) is 32.0 Å². The van der Waals surface area contributed by atoms with Crippen LogP contribution in [-0.2, 0) is 32.0 Å². The molecule has 0 saturated carbocycles. The summed E-state index contributed by atoms with van der Waals surface area (Å²) in [6.07, 6.45) is 3.02. The van der Waals surface area contributed by atoms with Crippen LogP contribution in [0.5, 0.6) is 0 Å². The maximum Gasteiger partial charge on any atom is 0.326 e. The normalized spacial score (nSPS) is 20.7. The topological polar surface area (TPSA) is 133 Å². The number of amides is 3. The third-order valence-electron chi connectivity index (χ3n) is 7.35. The third-order valence-corrected chi connectivity index (χ3v) is 7.35. The fourth-order valence-corrected chi connectivity index (χ4v) is 5.50. The van der Waals surface area contributed by atoms with Gasteiger partial charge in [0.2, 0.25) is 17.7 Å². The van der Waals surface area contributed by atoms with E-state index in [2.05, 4.69) is 5.32 Å². The van der Waals surface area contributed by atoms with Crippen LogP contribution in [0.4, 0.5) is 0 Å². The van der Waals surface area contributed by atoms with E-state index in [1.54, 1.807) is 0 Å². The lowest BCUT2D eigenvalue weighted by Gasteiger charge is -2.32. The first-order chi connectivity index (χ1) is 18.3. The molecule has 0 aliphatic carbocycles. The lowest BCUT2D eigenvalue weighted by atomic mass is 10.0. The Labute approximate surface area is 223 Å². The van der Waals surface area contributed by atoms with Crippen molar-refractivity contribution in [3.05, 3.63) is 71.8 Å². The van der Waals surface area contributed by atoms with E-state index < -0.39 is 30.1 Å². The molecule has 2 aliphatic rings. The van der Waals surface area contributed by atoms with Gasteiger partial charge in [-0.25, -0.2) is 4.79 Å². The molecule has 2 fully saturated rings. The van der Waals surface area contributed by atoms with Gasteiger partial charge in [0.05, 0.1) is 0 Å². The molecule has 2 saturated heterocycles. The predicted molar refractivity (Wildman–Crippen MR) is 142 cm³/mol. The highest BCUT2D eigenvalue weighted by atomic mass is 16.4. The second-order valence-electron chi connectivity index (χ2n) is 10.2. The average molecular weight is 521 g/mol. The first kappa shape index (κ1) is 27.3. The van der Waals surface area contributed by atoms with Gasteiger partial charge >= 0.3 is 5.97 Å². The predicted octanol–water partition coefficient (Wildman–Crippen LogP) is 1.74. The summed E-state index contributed by atoms with van der Waals surface area (Å²) in [7, 11) is 0. The van der Waals surface area contributed by atoms with E-state index in [1.165, 1.54) is 9.80 Å². The van der Waals surface area contributed by atoms with Crippen molar-refractivity contribution in [3.63, 3.8) is 0 Å². The number of aliphatic carboxylic acids is 1. The molecule has 0 spiro atoms. The van der Waals surface area contributed by atoms with Gasteiger partial charge in [-0.1, -0.05) is 60.7 Å². The summed E-state index contributed by atoms with van der Waals surface area (Å²) in [4.78, 5) is 54.7. The smallest absolute Gasteiger partial charge is 0.326 e. The highest BCUT2D eigenvalue weighted by molar-refractivity contribution is 5.94. The summed E-state index contributed by atoms with van der Waals surface area (Å²) < 4.78 is 0. The number of likely N-dealkylation sites (tertiary alicyclic amines) is 2. The molecule has 9 heteroatoms. The summed E-state index contributed by atoms with van der Waals surface area (Å²) in [6, 6.07) is 16.2. The average Bonchev–Trinajstić information content (AvgIpc) is 3.59. The number of carbonyl (C=O) groups is 4. The van der Waals surface area contributed by atoms with Gasteiger partial charge in [0.25, 0.3) is 0 Å². The van der Waals surface area contributed by atoms with Gasteiger partial charge in [0.15, 0.2) is 0 Å². The van der Waals surface area contributed by atoms with Crippen molar-refractivity contribution < 1.29 is 24.3 Å². The molecular weight excluding hydrogens is 484 g/mol. The number of carboxylic acid groups (broad SMARTS) is 1. The molecule has 202 valence electrons. The van der Waals surface area contributed by atoms with Crippen LogP contribution < -0.4 is 11.1 Å². The first-order valence-electron chi connectivity index (χ1n) is 13.3. The van der Waals surface area contributed by atoms with Crippen LogP contribution in [0, 0.1) is 0 Å². The van der Waals surface area contributed by atoms with Crippen LogP contribution in [0.15, 0.2) is 60.7 Å². The minimum absolute atomic E-state index is 0.0594. The maximum absolute atomic E-state index is 13.8. The van der Waals surface area contributed by atoms with E-state index in [4.69, 9.17) is 5.73 Å². The highest BCUT2D eigenvalue weighted by Gasteiger charge is 2.43. The largest absolute Gasteiger partial charge is 0.480 e. The van der Waals surface area contributed by atoms with Crippen LogP contribution in [0.25, 0.3) is 0 Å². The van der Waals surface area contributed by atoms with Gasteiger partial charge in [-0.3, -0.25) is 14.4 Å². The molecule has 4 atom stereocenters. The summed E-state index contributed by atoms with van der Waals surface area (Å²) in [6.45, 7) is 0.757. The number of nitrogens with two attached hydrogens (primary N) is 1. The Morgan fingerprint density at radius 1 is 0.842 bits per heavy atom.